The number of carbonyl (C=O) groups excluding carboxylic acids is 2. The van der Waals surface area contributed by atoms with Crippen LogP contribution < -0.4 is 5.32 Å². The van der Waals surface area contributed by atoms with E-state index in [-0.39, 0.29) is 0 Å². The second-order valence-electron chi connectivity index (χ2n) is 5.04. The van der Waals surface area contributed by atoms with Crippen LogP contribution in [-0.2, 0) is 11.3 Å². The average molecular weight is 293 g/mol. The molecule has 110 valence electrons. The van der Waals surface area contributed by atoms with Gasteiger partial charge in [0.15, 0.2) is 0 Å². The lowest BCUT2D eigenvalue weighted by Gasteiger charge is -2.04. The summed E-state index contributed by atoms with van der Waals surface area (Å²) in [5.74, 6) is -1.13. The zero-order valence-electron chi connectivity index (χ0n) is 12.1. The van der Waals surface area contributed by atoms with Gasteiger partial charge in [0.25, 0.3) is 11.7 Å². The zero-order chi connectivity index (χ0) is 15.5. The van der Waals surface area contributed by atoms with Crippen LogP contribution in [0.4, 0.5) is 0 Å². The summed E-state index contributed by atoms with van der Waals surface area (Å²) < 4.78 is 0. The van der Waals surface area contributed by atoms with Crippen molar-refractivity contribution < 1.29 is 9.59 Å². The minimum atomic E-state index is -0.607. The SMILES string of the molecule is Cc1[nH]c2ccccc2c1C(=O)C(=O)NCc1ccncc1. The van der Waals surface area contributed by atoms with E-state index < -0.39 is 11.7 Å². The number of aromatic amines is 1. The van der Waals surface area contributed by atoms with Crippen LogP contribution >= 0.6 is 0 Å². The summed E-state index contributed by atoms with van der Waals surface area (Å²) in [4.78, 5) is 31.6. The van der Waals surface area contributed by atoms with Crippen LogP contribution in [0.25, 0.3) is 10.9 Å². The molecule has 2 N–H and O–H groups in total. The highest BCUT2D eigenvalue weighted by molar-refractivity contribution is 6.45. The van der Waals surface area contributed by atoms with Crippen molar-refractivity contribution in [3.63, 3.8) is 0 Å². The van der Waals surface area contributed by atoms with E-state index in [9.17, 15) is 9.59 Å². The number of fused-ring (bicyclic) bond motifs is 1. The summed E-state index contributed by atoms with van der Waals surface area (Å²) in [6, 6.07) is 11.0. The van der Waals surface area contributed by atoms with Gasteiger partial charge in [0.1, 0.15) is 0 Å². The Hall–Kier alpha value is -2.95. The molecule has 0 aliphatic rings. The van der Waals surface area contributed by atoms with E-state index in [1.807, 2.05) is 24.3 Å². The summed E-state index contributed by atoms with van der Waals surface area (Å²) >= 11 is 0. The molecule has 0 aliphatic heterocycles. The van der Waals surface area contributed by atoms with Gasteiger partial charge < -0.3 is 10.3 Å². The molecule has 3 rings (SSSR count). The predicted octanol–water partition coefficient (Wildman–Crippen LogP) is 2.37. The van der Waals surface area contributed by atoms with Gasteiger partial charge in [-0.1, -0.05) is 18.2 Å². The number of benzene rings is 1. The summed E-state index contributed by atoms with van der Waals surface area (Å²) in [5.41, 5.74) is 2.88. The van der Waals surface area contributed by atoms with Gasteiger partial charge in [-0.15, -0.1) is 0 Å². The van der Waals surface area contributed by atoms with Crippen LogP contribution in [0.2, 0.25) is 0 Å². The average Bonchev–Trinajstić information content (AvgIpc) is 2.88. The van der Waals surface area contributed by atoms with Gasteiger partial charge in [0.2, 0.25) is 0 Å². The van der Waals surface area contributed by atoms with Crippen molar-refractivity contribution in [2.24, 2.45) is 0 Å². The zero-order valence-corrected chi connectivity index (χ0v) is 12.1. The number of aromatic nitrogens is 2. The lowest BCUT2D eigenvalue weighted by atomic mass is 10.1. The van der Waals surface area contributed by atoms with Crippen LogP contribution in [-0.4, -0.2) is 21.7 Å². The van der Waals surface area contributed by atoms with Gasteiger partial charge in [0.05, 0.1) is 5.56 Å². The maximum absolute atomic E-state index is 12.4. The molecule has 3 aromatic rings. The Morgan fingerprint density at radius 2 is 1.86 bits per heavy atom. The third kappa shape index (κ3) is 2.61. The maximum atomic E-state index is 12.4. The summed E-state index contributed by atoms with van der Waals surface area (Å²) in [5, 5.41) is 3.42. The molecular weight excluding hydrogens is 278 g/mol. The van der Waals surface area contributed by atoms with E-state index in [1.165, 1.54) is 0 Å². The molecule has 5 nitrogen and oxygen atoms in total. The highest BCUT2D eigenvalue weighted by Crippen LogP contribution is 2.22. The summed E-state index contributed by atoms with van der Waals surface area (Å²) in [6.45, 7) is 2.10. The third-order valence-electron chi connectivity index (χ3n) is 3.53. The van der Waals surface area contributed by atoms with Gasteiger partial charge in [0, 0.05) is 35.5 Å². The molecule has 0 radical (unpaired) electrons. The number of nitrogens with one attached hydrogen (secondary N) is 2. The van der Waals surface area contributed by atoms with Crippen molar-refractivity contribution in [3.05, 3.63) is 65.6 Å². The normalized spacial score (nSPS) is 10.6. The molecule has 0 aliphatic carbocycles. The first kappa shape index (κ1) is 14.0. The molecule has 1 aromatic carbocycles. The Bertz CT molecular complexity index is 837. The van der Waals surface area contributed by atoms with Crippen molar-refractivity contribution >= 4 is 22.6 Å². The number of carbonyl (C=O) groups is 2. The van der Waals surface area contributed by atoms with Gasteiger partial charge >= 0.3 is 0 Å². The minimum Gasteiger partial charge on any atom is -0.358 e. The van der Waals surface area contributed by atoms with Gasteiger partial charge in [-0.25, -0.2) is 0 Å². The Morgan fingerprint density at radius 3 is 2.64 bits per heavy atom. The molecule has 1 amide bonds. The monoisotopic (exact) mass is 293 g/mol. The summed E-state index contributed by atoms with van der Waals surface area (Å²) in [7, 11) is 0. The quantitative estimate of drug-likeness (QED) is 0.573. The van der Waals surface area contributed by atoms with Crippen LogP contribution in [0.15, 0.2) is 48.8 Å². The highest BCUT2D eigenvalue weighted by Gasteiger charge is 2.22. The number of hydrogen-bond acceptors (Lipinski definition) is 3. The smallest absolute Gasteiger partial charge is 0.292 e. The number of amides is 1. The number of rotatable bonds is 4. The van der Waals surface area contributed by atoms with E-state index in [2.05, 4.69) is 15.3 Å². The fourth-order valence-electron chi connectivity index (χ4n) is 2.45. The maximum Gasteiger partial charge on any atom is 0.292 e. The second-order valence-corrected chi connectivity index (χ2v) is 5.04. The molecule has 0 fully saturated rings. The number of H-pyrrole nitrogens is 1. The predicted molar refractivity (Wildman–Crippen MR) is 83.4 cm³/mol. The molecule has 22 heavy (non-hydrogen) atoms. The topological polar surface area (TPSA) is 74.8 Å². The standard InChI is InChI=1S/C17H15N3O2/c1-11-15(13-4-2-3-5-14(13)20-11)16(21)17(22)19-10-12-6-8-18-9-7-12/h2-9,20H,10H2,1H3,(H,19,22). The Morgan fingerprint density at radius 1 is 1.14 bits per heavy atom. The second kappa shape index (κ2) is 5.81. The number of hydrogen-bond donors (Lipinski definition) is 2. The molecule has 5 heteroatoms. The van der Waals surface area contributed by atoms with E-state index in [0.717, 1.165) is 16.5 Å². The van der Waals surface area contributed by atoms with Crippen molar-refractivity contribution in [1.29, 1.82) is 0 Å². The molecule has 0 bridgehead atoms. The fourth-order valence-corrected chi connectivity index (χ4v) is 2.45. The fraction of sp³-hybridized carbons (Fsp3) is 0.118. The van der Waals surface area contributed by atoms with Crippen LogP contribution in [0.5, 0.6) is 0 Å². The van der Waals surface area contributed by atoms with E-state index >= 15 is 0 Å². The van der Waals surface area contributed by atoms with Gasteiger partial charge in [-0.3, -0.25) is 14.6 Å². The highest BCUT2D eigenvalue weighted by atomic mass is 16.2. The van der Waals surface area contributed by atoms with Gasteiger partial charge in [-0.05, 0) is 30.7 Å². The van der Waals surface area contributed by atoms with Crippen molar-refractivity contribution in [2.75, 3.05) is 0 Å². The van der Waals surface area contributed by atoms with Gasteiger partial charge in [-0.2, -0.15) is 0 Å². The number of aryl methyl sites for hydroxylation is 1. The molecule has 0 saturated carbocycles. The lowest BCUT2D eigenvalue weighted by molar-refractivity contribution is -0.117. The first-order valence-corrected chi connectivity index (χ1v) is 6.95. The number of pyridine rings is 1. The molecule has 2 heterocycles. The van der Waals surface area contributed by atoms with E-state index in [1.54, 1.807) is 31.5 Å². The number of para-hydroxylation sites is 1. The first-order chi connectivity index (χ1) is 10.7. The largest absolute Gasteiger partial charge is 0.358 e. The minimum absolute atomic E-state index is 0.300. The summed E-state index contributed by atoms with van der Waals surface area (Å²) in [6.07, 6.45) is 3.29. The molecule has 0 spiro atoms. The van der Waals surface area contributed by atoms with Crippen LogP contribution in [0.1, 0.15) is 21.6 Å². The van der Waals surface area contributed by atoms with Crippen LogP contribution in [0, 0.1) is 6.92 Å². The van der Waals surface area contributed by atoms with Crippen LogP contribution in [0.3, 0.4) is 0 Å². The van der Waals surface area contributed by atoms with Crippen molar-refractivity contribution in [3.8, 4) is 0 Å². The van der Waals surface area contributed by atoms with E-state index in [4.69, 9.17) is 0 Å². The number of nitrogens with zero attached hydrogens (tertiary/aromatic N) is 1. The molecular formula is C17H15N3O2. The lowest BCUT2D eigenvalue weighted by Crippen LogP contribution is -2.30. The Kier molecular flexibility index (Phi) is 3.70. The third-order valence-corrected chi connectivity index (χ3v) is 3.53. The van der Waals surface area contributed by atoms with E-state index in [0.29, 0.717) is 17.8 Å². The first-order valence-electron chi connectivity index (χ1n) is 6.95. The van der Waals surface area contributed by atoms with Crippen molar-refractivity contribution in [1.82, 2.24) is 15.3 Å². The van der Waals surface area contributed by atoms with Crippen molar-refractivity contribution in [2.45, 2.75) is 13.5 Å². The molecule has 0 unspecified atom stereocenters. The Labute approximate surface area is 127 Å². The number of ketones is 1. The molecule has 0 atom stereocenters. The Balaban J connectivity index is 1.80. The molecule has 2 aromatic heterocycles. The molecule has 0 saturated heterocycles. The number of Topliss-reactive ketones (excluding diaryl/α,β-unsaturated/α-hetero) is 1.